The highest BCUT2D eigenvalue weighted by atomic mass is 16.5. The molecule has 2 aromatic rings. The van der Waals surface area contributed by atoms with E-state index in [0.717, 1.165) is 17.9 Å². The molecule has 0 aliphatic carbocycles. The zero-order valence-corrected chi connectivity index (χ0v) is 13.2. The Morgan fingerprint density at radius 3 is 2.77 bits per heavy atom. The molecule has 2 rings (SSSR count). The molecule has 0 aliphatic heterocycles. The Bertz CT molecular complexity index is 590. The lowest BCUT2D eigenvalue weighted by Gasteiger charge is -2.07. The summed E-state index contributed by atoms with van der Waals surface area (Å²) in [6, 6.07) is 7.92. The van der Waals surface area contributed by atoms with E-state index in [0.29, 0.717) is 26.0 Å². The van der Waals surface area contributed by atoms with Crippen molar-refractivity contribution in [3.63, 3.8) is 0 Å². The van der Waals surface area contributed by atoms with Crippen LogP contribution in [-0.4, -0.2) is 28.6 Å². The molecule has 22 heavy (non-hydrogen) atoms. The fourth-order valence-corrected chi connectivity index (χ4v) is 2.07. The predicted molar refractivity (Wildman–Crippen MR) is 85.8 cm³/mol. The number of hydrogen-bond donors (Lipinski definition) is 1. The van der Waals surface area contributed by atoms with Gasteiger partial charge in [-0.15, -0.1) is 0 Å². The van der Waals surface area contributed by atoms with E-state index >= 15 is 0 Å². The molecule has 5 heteroatoms. The minimum atomic E-state index is 0.0587. The van der Waals surface area contributed by atoms with Crippen LogP contribution < -0.4 is 10.1 Å². The van der Waals surface area contributed by atoms with Gasteiger partial charge in [-0.2, -0.15) is 0 Å². The molecule has 1 N–H and O–H groups in total. The summed E-state index contributed by atoms with van der Waals surface area (Å²) in [6.45, 7) is 3.21. The van der Waals surface area contributed by atoms with E-state index in [2.05, 4.69) is 10.3 Å². The highest BCUT2D eigenvalue weighted by molar-refractivity contribution is 5.75. The topological polar surface area (TPSA) is 56.1 Å². The van der Waals surface area contributed by atoms with Gasteiger partial charge in [0.15, 0.2) is 0 Å². The Morgan fingerprint density at radius 2 is 2.09 bits per heavy atom. The van der Waals surface area contributed by atoms with Crippen LogP contribution in [0.3, 0.4) is 0 Å². The van der Waals surface area contributed by atoms with Gasteiger partial charge in [-0.05, 0) is 25.5 Å². The molecule has 0 saturated heterocycles. The number of benzene rings is 1. The van der Waals surface area contributed by atoms with Crippen LogP contribution in [0.15, 0.2) is 36.8 Å². The zero-order valence-electron chi connectivity index (χ0n) is 13.2. The Morgan fingerprint density at radius 1 is 1.32 bits per heavy atom. The van der Waals surface area contributed by atoms with Crippen molar-refractivity contribution >= 4 is 5.91 Å². The molecule has 0 unspecified atom stereocenters. The molecule has 1 amide bonds. The number of aryl methyl sites for hydroxylation is 2. The molecule has 0 bridgehead atoms. The number of amides is 1. The lowest BCUT2D eigenvalue weighted by molar-refractivity contribution is -0.121. The van der Waals surface area contributed by atoms with E-state index in [1.807, 2.05) is 49.0 Å². The quantitative estimate of drug-likeness (QED) is 0.761. The summed E-state index contributed by atoms with van der Waals surface area (Å²) in [4.78, 5) is 15.9. The summed E-state index contributed by atoms with van der Waals surface area (Å²) in [5, 5.41) is 2.90. The van der Waals surface area contributed by atoms with Crippen molar-refractivity contribution < 1.29 is 9.53 Å². The third-order valence-electron chi connectivity index (χ3n) is 3.30. The number of nitrogens with zero attached hydrogens (tertiary/aromatic N) is 2. The molecule has 1 heterocycles. The van der Waals surface area contributed by atoms with Crippen LogP contribution in [0.4, 0.5) is 0 Å². The molecule has 0 radical (unpaired) electrons. The largest absolute Gasteiger partial charge is 0.494 e. The molecule has 0 fully saturated rings. The molecular formula is C17H23N3O2. The Labute approximate surface area is 131 Å². The Balaban J connectivity index is 1.55. The van der Waals surface area contributed by atoms with Crippen molar-refractivity contribution in [1.29, 1.82) is 0 Å². The van der Waals surface area contributed by atoms with E-state index in [9.17, 15) is 4.79 Å². The summed E-state index contributed by atoms with van der Waals surface area (Å²) < 4.78 is 7.50. The van der Waals surface area contributed by atoms with Crippen molar-refractivity contribution in [2.75, 3.05) is 13.2 Å². The monoisotopic (exact) mass is 301 g/mol. The maximum Gasteiger partial charge on any atom is 0.220 e. The second-order valence-corrected chi connectivity index (χ2v) is 5.40. The number of hydrogen-bond acceptors (Lipinski definition) is 3. The first-order chi connectivity index (χ1) is 10.6. The maximum atomic E-state index is 11.7. The molecule has 118 valence electrons. The van der Waals surface area contributed by atoms with Gasteiger partial charge in [0.2, 0.25) is 5.91 Å². The third-order valence-corrected chi connectivity index (χ3v) is 3.30. The van der Waals surface area contributed by atoms with Gasteiger partial charge in [0, 0.05) is 32.6 Å². The number of aromatic nitrogens is 2. The van der Waals surface area contributed by atoms with Crippen LogP contribution in [0.2, 0.25) is 0 Å². The van der Waals surface area contributed by atoms with Gasteiger partial charge in [0.25, 0.3) is 0 Å². The molecule has 0 atom stereocenters. The van der Waals surface area contributed by atoms with Crippen LogP contribution in [0.25, 0.3) is 0 Å². The molecule has 0 aliphatic rings. The standard InChI is InChI=1S/C17H23N3O2/c1-14-5-7-16(8-6-14)22-11-3-4-17(21)18-10-9-15-12-20(2)13-19-15/h5-8,12-13H,3-4,9-11H2,1-2H3,(H,18,21). The van der Waals surface area contributed by atoms with Gasteiger partial charge in [0.05, 0.1) is 18.6 Å². The Kier molecular flexibility index (Phi) is 6.01. The van der Waals surface area contributed by atoms with Gasteiger partial charge >= 0.3 is 0 Å². The predicted octanol–water partition coefficient (Wildman–Crippen LogP) is 2.25. The minimum absolute atomic E-state index is 0.0587. The molecule has 0 saturated carbocycles. The average Bonchev–Trinajstić information content (AvgIpc) is 2.91. The Hall–Kier alpha value is -2.30. The van der Waals surface area contributed by atoms with Crippen molar-refractivity contribution in [3.8, 4) is 5.75 Å². The van der Waals surface area contributed by atoms with E-state index in [1.165, 1.54) is 5.56 Å². The van der Waals surface area contributed by atoms with Crippen LogP contribution in [0.1, 0.15) is 24.1 Å². The van der Waals surface area contributed by atoms with Gasteiger partial charge in [-0.25, -0.2) is 4.98 Å². The fraction of sp³-hybridized carbons (Fsp3) is 0.412. The SMILES string of the molecule is Cc1ccc(OCCCC(=O)NCCc2cn(C)cn2)cc1. The van der Waals surface area contributed by atoms with Crippen LogP contribution >= 0.6 is 0 Å². The van der Waals surface area contributed by atoms with Crippen LogP contribution in [0, 0.1) is 6.92 Å². The van der Waals surface area contributed by atoms with E-state index in [4.69, 9.17) is 4.74 Å². The number of carbonyl (C=O) groups is 1. The van der Waals surface area contributed by atoms with Gasteiger partial charge in [-0.1, -0.05) is 17.7 Å². The lowest BCUT2D eigenvalue weighted by Crippen LogP contribution is -2.25. The molecule has 1 aromatic heterocycles. The summed E-state index contributed by atoms with van der Waals surface area (Å²) in [5.41, 5.74) is 2.20. The summed E-state index contributed by atoms with van der Waals surface area (Å²) in [6.07, 6.45) is 5.67. The first-order valence-corrected chi connectivity index (χ1v) is 7.56. The van der Waals surface area contributed by atoms with Crippen LogP contribution in [-0.2, 0) is 18.3 Å². The zero-order chi connectivity index (χ0) is 15.8. The molecule has 0 spiro atoms. The van der Waals surface area contributed by atoms with E-state index < -0.39 is 0 Å². The summed E-state index contributed by atoms with van der Waals surface area (Å²) in [5.74, 6) is 0.907. The average molecular weight is 301 g/mol. The second-order valence-electron chi connectivity index (χ2n) is 5.40. The molecule has 5 nitrogen and oxygen atoms in total. The second kappa shape index (κ2) is 8.22. The first-order valence-electron chi connectivity index (χ1n) is 7.56. The minimum Gasteiger partial charge on any atom is -0.494 e. The molecular weight excluding hydrogens is 278 g/mol. The number of carbonyl (C=O) groups excluding carboxylic acids is 1. The number of imidazole rings is 1. The van der Waals surface area contributed by atoms with Gasteiger partial charge in [0.1, 0.15) is 5.75 Å². The lowest BCUT2D eigenvalue weighted by atomic mass is 10.2. The number of ether oxygens (including phenoxy) is 1. The number of rotatable bonds is 8. The summed E-state index contributed by atoms with van der Waals surface area (Å²) >= 11 is 0. The highest BCUT2D eigenvalue weighted by Crippen LogP contribution is 2.11. The first kappa shape index (κ1) is 16.1. The highest BCUT2D eigenvalue weighted by Gasteiger charge is 2.02. The van der Waals surface area contributed by atoms with Crippen molar-refractivity contribution in [2.45, 2.75) is 26.2 Å². The van der Waals surface area contributed by atoms with Gasteiger partial charge in [-0.3, -0.25) is 4.79 Å². The van der Waals surface area contributed by atoms with E-state index in [1.54, 1.807) is 6.33 Å². The number of nitrogens with one attached hydrogen (secondary N) is 1. The van der Waals surface area contributed by atoms with Crippen molar-refractivity contribution in [3.05, 3.63) is 48.0 Å². The maximum absolute atomic E-state index is 11.7. The van der Waals surface area contributed by atoms with Crippen LogP contribution in [0.5, 0.6) is 5.75 Å². The van der Waals surface area contributed by atoms with Gasteiger partial charge < -0.3 is 14.6 Å². The third kappa shape index (κ3) is 5.60. The molecule has 1 aromatic carbocycles. The van der Waals surface area contributed by atoms with E-state index in [-0.39, 0.29) is 5.91 Å². The van der Waals surface area contributed by atoms with Crippen molar-refractivity contribution in [1.82, 2.24) is 14.9 Å². The fourth-order valence-electron chi connectivity index (χ4n) is 2.07. The normalized spacial score (nSPS) is 10.5. The van der Waals surface area contributed by atoms with Crippen molar-refractivity contribution in [2.24, 2.45) is 7.05 Å². The summed E-state index contributed by atoms with van der Waals surface area (Å²) in [7, 11) is 1.93. The smallest absolute Gasteiger partial charge is 0.220 e.